The van der Waals surface area contributed by atoms with Crippen LogP contribution in [0.15, 0.2) is 16.2 Å². The molecule has 114 valence electrons. The van der Waals surface area contributed by atoms with E-state index in [-0.39, 0.29) is 5.56 Å². The van der Waals surface area contributed by atoms with Gasteiger partial charge >= 0.3 is 5.97 Å². The maximum atomic E-state index is 12.1. The van der Waals surface area contributed by atoms with Crippen molar-refractivity contribution in [2.75, 3.05) is 6.54 Å². The molecule has 0 spiro atoms. The minimum absolute atomic E-state index is 0.127. The highest BCUT2D eigenvalue weighted by molar-refractivity contribution is 7.15. The predicted molar refractivity (Wildman–Crippen MR) is 81.9 cm³/mol. The van der Waals surface area contributed by atoms with Crippen LogP contribution in [0.4, 0.5) is 0 Å². The van der Waals surface area contributed by atoms with Gasteiger partial charge in [0.2, 0.25) is 0 Å². The Morgan fingerprint density at radius 3 is 2.76 bits per heavy atom. The summed E-state index contributed by atoms with van der Waals surface area (Å²) in [6.45, 7) is 7.95. The Bertz CT molecular complexity index is 733. The maximum Gasteiger partial charge on any atom is 0.323 e. The van der Waals surface area contributed by atoms with Gasteiger partial charge in [-0.25, -0.2) is 4.98 Å². The summed E-state index contributed by atoms with van der Waals surface area (Å²) in [6.07, 6.45) is 0. The van der Waals surface area contributed by atoms with Crippen LogP contribution < -0.4 is 5.56 Å². The average Bonchev–Trinajstić information content (AvgIpc) is 2.77. The van der Waals surface area contributed by atoms with Crippen LogP contribution in [0.25, 0.3) is 4.96 Å². The van der Waals surface area contributed by atoms with Gasteiger partial charge < -0.3 is 5.11 Å². The van der Waals surface area contributed by atoms with Crippen molar-refractivity contribution in [3.8, 4) is 0 Å². The van der Waals surface area contributed by atoms with Crippen LogP contribution in [0.5, 0.6) is 0 Å². The molecule has 0 aliphatic rings. The molecule has 2 aromatic heterocycles. The van der Waals surface area contributed by atoms with E-state index < -0.39 is 11.5 Å². The summed E-state index contributed by atoms with van der Waals surface area (Å²) in [5.74, 6) is -0.894. The highest BCUT2D eigenvalue weighted by Crippen LogP contribution is 2.18. The fraction of sp³-hybridized carbons (Fsp3) is 0.500. The van der Waals surface area contributed by atoms with Crippen LogP contribution in [-0.4, -0.2) is 37.4 Å². The molecule has 0 unspecified atom stereocenters. The number of aromatic nitrogens is 2. The number of carbonyl (C=O) groups is 1. The summed E-state index contributed by atoms with van der Waals surface area (Å²) >= 11 is 1.41. The molecule has 1 N–H and O–H groups in total. The van der Waals surface area contributed by atoms with Crippen LogP contribution in [-0.2, 0) is 11.3 Å². The van der Waals surface area contributed by atoms with E-state index in [9.17, 15) is 14.7 Å². The van der Waals surface area contributed by atoms with Crippen molar-refractivity contribution in [3.63, 3.8) is 0 Å². The largest absolute Gasteiger partial charge is 0.480 e. The van der Waals surface area contributed by atoms with E-state index in [0.717, 1.165) is 5.69 Å². The lowest BCUT2D eigenvalue weighted by molar-refractivity contribution is -0.149. The fourth-order valence-corrected chi connectivity index (χ4v) is 3.11. The number of fused-ring (bicyclic) bond motifs is 1. The van der Waals surface area contributed by atoms with Gasteiger partial charge in [-0.05, 0) is 27.3 Å². The number of likely N-dealkylation sites (N-methyl/N-ethyl adjacent to an activating group) is 1. The van der Waals surface area contributed by atoms with Gasteiger partial charge in [0.15, 0.2) is 4.96 Å². The third-order valence-corrected chi connectivity index (χ3v) is 4.62. The number of hydrogen-bond acceptors (Lipinski definition) is 5. The summed E-state index contributed by atoms with van der Waals surface area (Å²) in [5, 5.41) is 11.2. The highest BCUT2D eigenvalue weighted by Gasteiger charge is 2.33. The van der Waals surface area contributed by atoms with Gasteiger partial charge in [0, 0.05) is 23.7 Å². The summed E-state index contributed by atoms with van der Waals surface area (Å²) in [4.78, 5) is 30.4. The number of hydrogen-bond donors (Lipinski definition) is 1. The van der Waals surface area contributed by atoms with E-state index in [1.807, 2.05) is 19.2 Å². The molecule has 0 radical (unpaired) electrons. The minimum Gasteiger partial charge on any atom is -0.480 e. The number of thiazole rings is 1. The molecule has 0 aromatic carbocycles. The lowest BCUT2D eigenvalue weighted by atomic mass is 10.0. The van der Waals surface area contributed by atoms with E-state index in [1.165, 1.54) is 17.4 Å². The zero-order valence-electron chi connectivity index (χ0n) is 12.6. The minimum atomic E-state index is -1.01. The molecule has 0 bridgehead atoms. The van der Waals surface area contributed by atoms with Crippen LogP contribution in [0, 0.1) is 6.92 Å². The highest BCUT2D eigenvalue weighted by atomic mass is 32.1. The fourth-order valence-electron chi connectivity index (χ4n) is 2.22. The van der Waals surface area contributed by atoms with E-state index in [2.05, 4.69) is 4.98 Å². The molecule has 0 atom stereocenters. The lowest BCUT2D eigenvalue weighted by Gasteiger charge is -2.33. The van der Waals surface area contributed by atoms with Gasteiger partial charge in [-0.2, -0.15) is 0 Å². The molecule has 21 heavy (non-hydrogen) atoms. The number of aliphatic carboxylic acids is 1. The van der Waals surface area contributed by atoms with Crippen LogP contribution in [0.2, 0.25) is 0 Å². The first-order valence-electron chi connectivity index (χ1n) is 6.72. The average molecular weight is 309 g/mol. The third kappa shape index (κ3) is 2.84. The van der Waals surface area contributed by atoms with Crippen molar-refractivity contribution >= 4 is 22.3 Å². The molecule has 6 nitrogen and oxygen atoms in total. The number of rotatable bonds is 5. The van der Waals surface area contributed by atoms with Crippen molar-refractivity contribution in [2.45, 2.75) is 39.8 Å². The van der Waals surface area contributed by atoms with Gasteiger partial charge in [-0.15, -0.1) is 11.3 Å². The molecule has 2 aromatic rings. The molecule has 0 aliphatic heterocycles. The summed E-state index contributed by atoms with van der Waals surface area (Å²) in [5.41, 5.74) is 0.320. The number of carboxylic acid groups (broad SMARTS) is 1. The summed E-state index contributed by atoms with van der Waals surface area (Å²) < 4.78 is 1.56. The van der Waals surface area contributed by atoms with Crippen LogP contribution >= 0.6 is 11.3 Å². The third-order valence-electron chi connectivity index (χ3n) is 3.68. The second kappa shape index (κ2) is 5.57. The van der Waals surface area contributed by atoms with E-state index in [0.29, 0.717) is 23.7 Å². The Kier molecular flexibility index (Phi) is 4.15. The van der Waals surface area contributed by atoms with Crippen molar-refractivity contribution in [1.82, 2.24) is 14.3 Å². The topological polar surface area (TPSA) is 74.9 Å². The molecule has 7 heteroatoms. The first kappa shape index (κ1) is 15.7. The summed E-state index contributed by atoms with van der Waals surface area (Å²) in [6, 6.07) is 1.48. The van der Waals surface area contributed by atoms with E-state index in [1.54, 1.807) is 23.1 Å². The Morgan fingerprint density at radius 2 is 2.19 bits per heavy atom. The smallest absolute Gasteiger partial charge is 0.323 e. The molecule has 0 saturated carbocycles. The molecule has 0 fully saturated rings. The zero-order valence-corrected chi connectivity index (χ0v) is 13.4. The first-order valence-corrected chi connectivity index (χ1v) is 7.60. The number of aryl methyl sites for hydroxylation is 1. The Hall–Kier alpha value is -1.73. The standard InChI is InChI=1S/C14H19N3O3S/c1-5-16(14(3,4)12(19)20)7-10-6-11(18)17-9(2)8-21-13(17)15-10/h6,8H,5,7H2,1-4H3,(H,19,20). The van der Waals surface area contributed by atoms with Crippen molar-refractivity contribution < 1.29 is 9.90 Å². The molecule has 0 saturated heterocycles. The monoisotopic (exact) mass is 309 g/mol. The molecule has 0 amide bonds. The molecular formula is C14H19N3O3S. The molecular weight excluding hydrogens is 290 g/mol. The second-order valence-electron chi connectivity index (χ2n) is 5.46. The Labute approximate surface area is 126 Å². The number of carboxylic acids is 1. The van der Waals surface area contributed by atoms with Gasteiger partial charge in [-0.3, -0.25) is 18.9 Å². The van der Waals surface area contributed by atoms with Gasteiger partial charge in [0.25, 0.3) is 5.56 Å². The molecule has 0 aliphatic carbocycles. The zero-order chi connectivity index (χ0) is 15.8. The SMILES string of the molecule is CCN(Cc1cc(=O)n2c(C)csc2n1)C(C)(C)C(=O)O. The van der Waals surface area contributed by atoms with Crippen molar-refractivity contribution in [2.24, 2.45) is 0 Å². The van der Waals surface area contributed by atoms with Crippen molar-refractivity contribution in [1.29, 1.82) is 0 Å². The van der Waals surface area contributed by atoms with Crippen molar-refractivity contribution in [3.05, 3.63) is 33.2 Å². The van der Waals surface area contributed by atoms with Gasteiger partial charge in [-0.1, -0.05) is 6.92 Å². The Balaban J connectivity index is 2.39. The normalized spacial score (nSPS) is 12.2. The summed E-state index contributed by atoms with van der Waals surface area (Å²) in [7, 11) is 0. The van der Waals surface area contributed by atoms with Gasteiger partial charge in [0.1, 0.15) is 5.54 Å². The molecule has 2 rings (SSSR count). The quantitative estimate of drug-likeness (QED) is 0.910. The second-order valence-corrected chi connectivity index (χ2v) is 6.30. The van der Waals surface area contributed by atoms with Crippen LogP contribution in [0.3, 0.4) is 0 Å². The first-order chi connectivity index (χ1) is 9.77. The lowest BCUT2D eigenvalue weighted by Crippen LogP contribution is -2.49. The Morgan fingerprint density at radius 1 is 1.52 bits per heavy atom. The number of nitrogens with zero attached hydrogens (tertiary/aromatic N) is 3. The maximum absolute atomic E-state index is 12.1. The van der Waals surface area contributed by atoms with E-state index in [4.69, 9.17) is 0 Å². The molecule has 2 heterocycles. The van der Waals surface area contributed by atoms with Gasteiger partial charge in [0.05, 0.1) is 5.69 Å². The van der Waals surface area contributed by atoms with Crippen LogP contribution in [0.1, 0.15) is 32.2 Å². The predicted octanol–water partition coefficient (Wildman–Crippen LogP) is 1.75. The van der Waals surface area contributed by atoms with E-state index >= 15 is 0 Å².